The molecule has 6 heteroatoms. The average molecular weight is 275 g/mol. The monoisotopic (exact) mass is 275 g/mol. The Hall–Kier alpha value is -2.55. The molecular formula is C14H17N3O3. The zero-order valence-electron chi connectivity index (χ0n) is 11.7. The molecule has 0 bridgehead atoms. The molecule has 0 aliphatic heterocycles. The summed E-state index contributed by atoms with van der Waals surface area (Å²) in [4.78, 5) is 26.2. The number of rotatable bonds is 2. The molecule has 0 radical (unpaired) electrons. The first-order chi connectivity index (χ1) is 9.30. The van der Waals surface area contributed by atoms with Crippen LogP contribution in [0.2, 0.25) is 0 Å². The standard InChI is InChI=1S/C14H17N3O3/c1-14(2,3)20-13(19)17-16-12(18)9-10-6-5-7-11(8-10)15-4/h5-8H,9H2,1-3H3,(H,16,18)(H,17,19). The zero-order chi connectivity index (χ0) is 15.2. The summed E-state index contributed by atoms with van der Waals surface area (Å²) in [5.41, 5.74) is 4.95. The van der Waals surface area contributed by atoms with Crippen molar-refractivity contribution in [3.8, 4) is 0 Å². The van der Waals surface area contributed by atoms with E-state index < -0.39 is 17.6 Å². The number of carbonyl (C=O) groups excluding carboxylic acids is 2. The molecule has 0 aromatic heterocycles. The Labute approximate surface area is 117 Å². The van der Waals surface area contributed by atoms with Gasteiger partial charge >= 0.3 is 6.09 Å². The lowest BCUT2D eigenvalue weighted by Gasteiger charge is -2.19. The van der Waals surface area contributed by atoms with Gasteiger partial charge in [-0.3, -0.25) is 10.2 Å². The van der Waals surface area contributed by atoms with Gasteiger partial charge in [-0.25, -0.2) is 15.1 Å². The second-order valence-corrected chi connectivity index (χ2v) is 5.13. The van der Waals surface area contributed by atoms with E-state index in [1.54, 1.807) is 45.0 Å². The minimum atomic E-state index is -0.722. The third-order valence-electron chi connectivity index (χ3n) is 2.11. The van der Waals surface area contributed by atoms with Crippen LogP contribution in [0.15, 0.2) is 24.3 Å². The van der Waals surface area contributed by atoms with Crippen LogP contribution >= 0.6 is 0 Å². The van der Waals surface area contributed by atoms with E-state index in [1.807, 2.05) is 0 Å². The largest absolute Gasteiger partial charge is 0.443 e. The predicted octanol–water partition coefficient (Wildman–Crippen LogP) is 2.34. The van der Waals surface area contributed by atoms with Crippen molar-refractivity contribution in [2.45, 2.75) is 32.8 Å². The highest BCUT2D eigenvalue weighted by molar-refractivity contribution is 5.81. The lowest BCUT2D eigenvalue weighted by atomic mass is 10.1. The molecule has 1 aromatic rings. The van der Waals surface area contributed by atoms with Gasteiger partial charge in [-0.15, -0.1) is 0 Å². The van der Waals surface area contributed by atoms with Crippen LogP contribution in [0.4, 0.5) is 10.5 Å². The fraction of sp³-hybridized carbons (Fsp3) is 0.357. The number of benzene rings is 1. The van der Waals surface area contributed by atoms with E-state index in [0.717, 1.165) is 0 Å². The van der Waals surface area contributed by atoms with Crippen LogP contribution in [-0.2, 0) is 16.0 Å². The normalized spacial score (nSPS) is 10.3. The number of hydrogen-bond donors (Lipinski definition) is 2. The van der Waals surface area contributed by atoms with Gasteiger partial charge in [-0.2, -0.15) is 0 Å². The summed E-state index contributed by atoms with van der Waals surface area (Å²) < 4.78 is 4.97. The molecule has 0 aliphatic carbocycles. The van der Waals surface area contributed by atoms with E-state index in [9.17, 15) is 9.59 Å². The molecule has 2 amide bonds. The molecule has 0 saturated carbocycles. The number of ether oxygens (including phenoxy) is 1. The number of hydrogen-bond acceptors (Lipinski definition) is 3. The van der Waals surface area contributed by atoms with Gasteiger partial charge in [0.1, 0.15) is 5.60 Å². The predicted molar refractivity (Wildman–Crippen MR) is 73.9 cm³/mol. The van der Waals surface area contributed by atoms with E-state index in [1.165, 1.54) is 0 Å². The van der Waals surface area contributed by atoms with Gasteiger partial charge < -0.3 is 4.74 Å². The fourth-order valence-corrected chi connectivity index (χ4v) is 1.39. The molecule has 0 heterocycles. The van der Waals surface area contributed by atoms with Gasteiger partial charge in [0.05, 0.1) is 13.0 Å². The third kappa shape index (κ3) is 5.87. The Bertz CT molecular complexity index is 541. The first kappa shape index (κ1) is 15.5. The Balaban J connectivity index is 2.44. The molecule has 0 saturated heterocycles. The summed E-state index contributed by atoms with van der Waals surface area (Å²) in [6.45, 7) is 12.1. The van der Waals surface area contributed by atoms with Crippen LogP contribution in [0.5, 0.6) is 0 Å². The van der Waals surface area contributed by atoms with Crippen LogP contribution in [0.3, 0.4) is 0 Å². The van der Waals surface area contributed by atoms with Crippen molar-refractivity contribution in [2.75, 3.05) is 0 Å². The summed E-state index contributed by atoms with van der Waals surface area (Å²) >= 11 is 0. The molecule has 2 N–H and O–H groups in total. The van der Waals surface area contributed by atoms with Gasteiger partial charge in [0.25, 0.3) is 0 Å². The van der Waals surface area contributed by atoms with Crippen molar-refractivity contribution in [3.63, 3.8) is 0 Å². The van der Waals surface area contributed by atoms with Gasteiger partial charge in [-0.1, -0.05) is 24.3 Å². The van der Waals surface area contributed by atoms with Crippen LogP contribution in [-0.4, -0.2) is 17.6 Å². The SMILES string of the molecule is [C-]#[N+]c1cccc(CC(=O)NNC(=O)OC(C)(C)C)c1. The lowest BCUT2D eigenvalue weighted by Crippen LogP contribution is -2.44. The van der Waals surface area contributed by atoms with Crippen LogP contribution in [0, 0.1) is 6.57 Å². The first-order valence-electron chi connectivity index (χ1n) is 6.04. The average Bonchev–Trinajstić information content (AvgIpc) is 2.34. The Kier molecular flexibility index (Phi) is 5.09. The topological polar surface area (TPSA) is 71.8 Å². The molecule has 0 aliphatic rings. The number of hydrazine groups is 1. The van der Waals surface area contributed by atoms with Crippen LogP contribution < -0.4 is 10.9 Å². The minimum Gasteiger partial charge on any atom is -0.443 e. The molecule has 0 atom stereocenters. The first-order valence-corrected chi connectivity index (χ1v) is 6.04. The second kappa shape index (κ2) is 6.57. The van der Waals surface area contributed by atoms with Gasteiger partial charge in [-0.05, 0) is 26.3 Å². The van der Waals surface area contributed by atoms with E-state index in [4.69, 9.17) is 11.3 Å². The van der Waals surface area contributed by atoms with Crippen LogP contribution in [0.1, 0.15) is 26.3 Å². The fourth-order valence-electron chi connectivity index (χ4n) is 1.39. The summed E-state index contributed by atoms with van der Waals surface area (Å²) in [7, 11) is 0. The Morgan fingerprint density at radius 1 is 1.30 bits per heavy atom. The number of nitrogens with zero attached hydrogens (tertiary/aromatic N) is 1. The minimum absolute atomic E-state index is 0.0686. The maximum absolute atomic E-state index is 11.6. The molecule has 0 spiro atoms. The Morgan fingerprint density at radius 2 is 2.00 bits per heavy atom. The Morgan fingerprint density at radius 3 is 2.60 bits per heavy atom. The molecule has 6 nitrogen and oxygen atoms in total. The lowest BCUT2D eigenvalue weighted by molar-refractivity contribution is -0.121. The van der Waals surface area contributed by atoms with E-state index in [2.05, 4.69) is 15.7 Å². The highest BCUT2D eigenvalue weighted by Gasteiger charge is 2.16. The van der Waals surface area contributed by atoms with E-state index in [0.29, 0.717) is 11.3 Å². The third-order valence-corrected chi connectivity index (χ3v) is 2.11. The molecule has 106 valence electrons. The molecule has 0 fully saturated rings. The molecule has 0 unspecified atom stereocenters. The highest BCUT2D eigenvalue weighted by atomic mass is 16.6. The summed E-state index contributed by atoms with van der Waals surface area (Å²) in [5, 5.41) is 0. The summed E-state index contributed by atoms with van der Waals surface area (Å²) in [6, 6.07) is 6.73. The second-order valence-electron chi connectivity index (χ2n) is 5.13. The number of amides is 2. The maximum Gasteiger partial charge on any atom is 0.426 e. The van der Waals surface area contributed by atoms with Crippen molar-refractivity contribution < 1.29 is 14.3 Å². The quantitative estimate of drug-likeness (QED) is 0.642. The van der Waals surface area contributed by atoms with Crippen molar-refractivity contribution in [1.29, 1.82) is 0 Å². The maximum atomic E-state index is 11.6. The smallest absolute Gasteiger partial charge is 0.426 e. The van der Waals surface area contributed by atoms with Crippen molar-refractivity contribution in [1.82, 2.24) is 10.9 Å². The summed E-state index contributed by atoms with van der Waals surface area (Å²) in [6.07, 6.45) is -0.653. The van der Waals surface area contributed by atoms with Gasteiger partial charge in [0, 0.05) is 0 Å². The molecule has 1 rings (SSSR count). The van der Waals surface area contributed by atoms with E-state index in [-0.39, 0.29) is 6.42 Å². The zero-order valence-corrected chi connectivity index (χ0v) is 11.7. The van der Waals surface area contributed by atoms with Gasteiger partial charge in [0.15, 0.2) is 5.69 Å². The number of nitrogens with one attached hydrogen (secondary N) is 2. The van der Waals surface area contributed by atoms with E-state index >= 15 is 0 Å². The molecule has 20 heavy (non-hydrogen) atoms. The number of carbonyl (C=O) groups is 2. The molecular weight excluding hydrogens is 258 g/mol. The van der Waals surface area contributed by atoms with Crippen molar-refractivity contribution in [3.05, 3.63) is 41.2 Å². The van der Waals surface area contributed by atoms with Gasteiger partial charge in [0.2, 0.25) is 5.91 Å². The molecule has 1 aromatic carbocycles. The summed E-state index contributed by atoms with van der Waals surface area (Å²) in [5.74, 6) is -0.391. The highest BCUT2D eigenvalue weighted by Crippen LogP contribution is 2.13. The van der Waals surface area contributed by atoms with Crippen LogP contribution in [0.25, 0.3) is 4.85 Å². The van der Waals surface area contributed by atoms with Crippen molar-refractivity contribution in [2.24, 2.45) is 0 Å². The van der Waals surface area contributed by atoms with Crippen molar-refractivity contribution >= 4 is 17.7 Å².